The molecule has 1 aromatic carbocycles. The number of aliphatic hydroxyl groups is 1. The Morgan fingerprint density at radius 2 is 2.19 bits per heavy atom. The first-order valence-corrected chi connectivity index (χ1v) is 7.81. The SMILES string of the molecule is OCCC#Cc1ccccc1OC1CCOC2(CCC2)C1. The van der Waals surface area contributed by atoms with E-state index in [-0.39, 0.29) is 18.3 Å². The molecule has 2 aliphatic rings. The molecule has 1 heterocycles. The van der Waals surface area contributed by atoms with E-state index in [2.05, 4.69) is 11.8 Å². The van der Waals surface area contributed by atoms with Crippen LogP contribution in [0.4, 0.5) is 0 Å². The molecule has 1 atom stereocenters. The summed E-state index contributed by atoms with van der Waals surface area (Å²) in [7, 11) is 0. The molecule has 0 aromatic heterocycles. The van der Waals surface area contributed by atoms with Crippen molar-refractivity contribution in [2.45, 2.75) is 50.2 Å². The molecule has 3 rings (SSSR count). The van der Waals surface area contributed by atoms with Gasteiger partial charge in [0.15, 0.2) is 0 Å². The molecule has 1 spiro atoms. The van der Waals surface area contributed by atoms with Crippen molar-refractivity contribution in [3.8, 4) is 17.6 Å². The van der Waals surface area contributed by atoms with Crippen LogP contribution in [0.15, 0.2) is 24.3 Å². The highest BCUT2D eigenvalue weighted by Gasteiger charge is 2.43. The van der Waals surface area contributed by atoms with Crippen molar-refractivity contribution in [2.75, 3.05) is 13.2 Å². The van der Waals surface area contributed by atoms with Gasteiger partial charge in [0.1, 0.15) is 11.9 Å². The summed E-state index contributed by atoms with van der Waals surface area (Å²) in [6, 6.07) is 7.89. The number of aliphatic hydroxyl groups excluding tert-OH is 1. The van der Waals surface area contributed by atoms with Gasteiger partial charge in [-0.15, -0.1) is 0 Å². The first kappa shape index (κ1) is 14.4. The summed E-state index contributed by atoms with van der Waals surface area (Å²) in [6.07, 6.45) is 6.27. The molecule has 0 amide bonds. The Balaban J connectivity index is 1.68. The van der Waals surface area contributed by atoms with E-state index in [4.69, 9.17) is 14.6 Å². The van der Waals surface area contributed by atoms with Crippen molar-refractivity contribution in [3.05, 3.63) is 29.8 Å². The van der Waals surface area contributed by atoms with Crippen molar-refractivity contribution in [3.63, 3.8) is 0 Å². The molecule has 3 nitrogen and oxygen atoms in total. The molecule has 1 saturated heterocycles. The summed E-state index contributed by atoms with van der Waals surface area (Å²) in [4.78, 5) is 0. The van der Waals surface area contributed by atoms with Crippen molar-refractivity contribution < 1.29 is 14.6 Å². The molecule has 1 aromatic rings. The molecule has 1 aliphatic heterocycles. The molecule has 0 bridgehead atoms. The second-order valence-corrected chi connectivity index (χ2v) is 5.89. The highest BCUT2D eigenvalue weighted by atomic mass is 16.5. The van der Waals surface area contributed by atoms with Gasteiger partial charge in [0, 0.05) is 19.3 Å². The van der Waals surface area contributed by atoms with E-state index < -0.39 is 0 Å². The Morgan fingerprint density at radius 3 is 2.95 bits per heavy atom. The standard InChI is InChI=1S/C18H22O3/c19-12-4-3-7-15-6-1-2-8-17(15)21-16-9-13-20-18(14-16)10-5-11-18/h1-2,6,8,16,19H,4-5,9-14H2. The lowest BCUT2D eigenvalue weighted by molar-refractivity contribution is -0.153. The zero-order chi connectivity index (χ0) is 14.5. The fourth-order valence-corrected chi connectivity index (χ4v) is 3.07. The van der Waals surface area contributed by atoms with Crippen LogP contribution in [0.25, 0.3) is 0 Å². The average molecular weight is 286 g/mol. The maximum Gasteiger partial charge on any atom is 0.135 e. The second kappa shape index (κ2) is 6.51. The van der Waals surface area contributed by atoms with Gasteiger partial charge in [-0.05, 0) is 31.4 Å². The number of benzene rings is 1. The minimum absolute atomic E-state index is 0.0957. The zero-order valence-electron chi connectivity index (χ0n) is 12.3. The molecule has 0 radical (unpaired) electrons. The Bertz CT molecular complexity index is 537. The van der Waals surface area contributed by atoms with Gasteiger partial charge in [0.05, 0.1) is 24.4 Å². The minimum Gasteiger partial charge on any atom is -0.489 e. The summed E-state index contributed by atoms with van der Waals surface area (Å²) < 4.78 is 12.1. The lowest BCUT2D eigenvalue weighted by atomic mass is 9.74. The summed E-state index contributed by atoms with van der Waals surface area (Å²) in [5.41, 5.74) is 1.00. The van der Waals surface area contributed by atoms with E-state index >= 15 is 0 Å². The van der Waals surface area contributed by atoms with Crippen LogP contribution in [0.5, 0.6) is 5.75 Å². The predicted octanol–water partition coefficient (Wildman–Crippen LogP) is 2.90. The van der Waals surface area contributed by atoms with Gasteiger partial charge in [-0.3, -0.25) is 0 Å². The van der Waals surface area contributed by atoms with Crippen LogP contribution in [0.1, 0.15) is 44.1 Å². The monoisotopic (exact) mass is 286 g/mol. The van der Waals surface area contributed by atoms with Crippen LogP contribution in [0.3, 0.4) is 0 Å². The van der Waals surface area contributed by atoms with Crippen molar-refractivity contribution in [2.24, 2.45) is 0 Å². The van der Waals surface area contributed by atoms with Crippen molar-refractivity contribution in [1.82, 2.24) is 0 Å². The fraction of sp³-hybridized carbons (Fsp3) is 0.556. The van der Waals surface area contributed by atoms with Gasteiger partial charge in [0.25, 0.3) is 0 Å². The molecular weight excluding hydrogens is 264 g/mol. The maximum atomic E-state index is 8.82. The Labute approximate surface area is 126 Å². The lowest BCUT2D eigenvalue weighted by Crippen LogP contribution is -2.48. The molecular formula is C18H22O3. The normalized spacial score (nSPS) is 23.0. The topological polar surface area (TPSA) is 38.7 Å². The van der Waals surface area contributed by atoms with E-state index in [9.17, 15) is 0 Å². The van der Waals surface area contributed by atoms with E-state index in [0.717, 1.165) is 30.8 Å². The van der Waals surface area contributed by atoms with Gasteiger partial charge in [0.2, 0.25) is 0 Å². The van der Waals surface area contributed by atoms with Crippen molar-refractivity contribution >= 4 is 0 Å². The fourth-order valence-electron chi connectivity index (χ4n) is 3.07. The lowest BCUT2D eigenvalue weighted by Gasteiger charge is -2.46. The van der Waals surface area contributed by atoms with Gasteiger partial charge >= 0.3 is 0 Å². The van der Waals surface area contributed by atoms with E-state index in [1.54, 1.807) is 0 Å². The van der Waals surface area contributed by atoms with Crippen LogP contribution < -0.4 is 4.74 Å². The first-order valence-electron chi connectivity index (χ1n) is 7.81. The highest BCUT2D eigenvalue weighted by molar-refractivity contribution is 5.46. The summed E-state index contributed by atoms with van der Waals surface area (Å²) in [6.45, 7) is 0.890. The Hall–Kier alpha value is -1.50. The summed E-state index contributed by atoms with van der Waals surface area (Å²) in [5, 5.41) is 8.82. The van der Waals surface area contributed by atoms with Gasteiger partial charge in [-0.2, -0.15) is 0 Å². The maximum absolute atomic E-state index is 8.82. The first-order chi connectivity index (χ1) is 10.3. The molecule has 1 aliphatic carbocycles. The van der Waals surface area contributed by atoms with Gasteiger partial charge in [-0.1, -0.05) is 24.0 Å². The van der Waals surface area contributed by atoms with Gasteiger partial charge in [-0.25, -0.2) is 0 Å². The largest absolute Gasteiger partial charge is 0.489 e. The predicted molar refractivity (Wildman–Crippen MR) is 81.2 cm³/mol. The molecule has 1 unspecified atom stereocenters. The number of ether oxygens (including phenoxy) is 2. The summed E-state index contributed by atoms with van der Waals surface area (Å²) in [5.74, 6) is 6.90. The van der Waals surface area contributed by atoms with Crippen LogP contribution >= 0.6 is 0 Å². The van der Waals surface area contributed by atoms with E-state index in [0.29, 0.717) is 6.42 Å². The Morgan fingerprint density at radius 1 is 1.33 bits per heavy atom. The third kappa shape index (κ3) is 3.40. The second-order valence-electron chi connectivity index (χ2n) is 5.89. The van der Waals surface area contributed by atoms with E-state index in [1.165, 1.54) is 19.3 Å². The zero-order valence-corrected chi connectivity index (χ0v) is 12.3. The smallest absolute Gasteiger partial charge is 0.135 e. The molecule has 3 heteroatoms. The quantitative estimate of drug-likeness (QED) is 0.868. The third-order valence-electron chi connectivity index (χ3n) is 4.35. The number of hydrogen-bond acceptors (Lipinski definition) is 3. The number of hydrogen-bond donors (Lipinski definition) is 1. The summed E-state index contributed by atoms with van der Waals surface area (Å²) >= 11 is 0. The van der Waals surface area contributed by atoms with Crippen LogP contribution in [0.2, 0.25) is 0 Å². The minimum atomic E-state index is 0.0957. The molecule has 112 valence electrons. The van der Waals surface area contributed by atoms with Crippen molar-refractivity contribution in [1.29, 1.82) is 0 Å². The highest BCUT2D eigenvalue weighted by Crippen LogP contribution is 2.43. The molecule has 21 heavy (non-hydrogen) atoms. The number of para-hydroxylation sites is 1. The molecule has 2 fully saturated rings. The third-order valence-corrected chi connectivity index (χ3v) is 4.35. The van der Waals surface area contributed by atoms with Crippen LogP contribution in [-0.2, 0) is 4.74 Å². The van der Waals surface area contributed by atoms with Gasteiger partial charge < -0.3 is 14.6 Å². The number of rotatable bonds is 3. The molecule has 1 N–H and O–H groups in total. The van der Waals surface area contributed by atoms with E-state index in [1.807, 2.05) is 24.3 Å². The average Bonchev–Trinajstić information content (AvgIpc) is 2.48. The van der Waals surface area contributed by atoms with Crippen LogP contribution in [-0.4, -0.2) is 30.0 Å². The molecule has 1 saturated carbocycles. The Kier molecular flexibility index (Phi) is 4.48. The van der Waals surface area contributed by atoms with Crippen LogP contribution in [0, 0.1) is 11.8 Å².